The first-order valence-electron chi connectivity index (χ1n) is 27.8. The molecule has 0 fully saturated rings. The van der Waals surface area contributed by atoms with Crippen molar-refractivity contribution in [2.45, 2.75) is 61.1 Å². The maximum atomic E-state index is 13.6. The third-order valence-corrected chi connectivity index (χ3v) is 21.7. The summed E-state index contributed by atoms with van der Waals surface area (Å²) in [5.74, 6) is -3.54. The molecule has 0 saturated carbocycles. The SMILES string of the molecule is Cc1cc(C)c(Nc2nc3ccc(S(=O)(=O)Nc4c[c-]c[c-]c4)cc3s2)c(C)c1Nc1[c-]cc2c(-c3ccccc3S(=O)(=O)[O-])c3cc(S(=O)(=O)[O-])c(=[NH+]c4c(C)cc(C)c(Nc5nc6ccc(S(=O)(=O)Nc7cc(C(=O)[O-])cc(C(=O)[O-])c7)cc6s5)c4C)cc-3oc2c1.[Na+].[Na+].[Na+].[Na+].[Na+].[Na+]. The summed E-state index contributed by atoms with van der Waals surface area (Å²) in [6, 6.07) is 39.0. The zero-order valence-corrected chi connectivity index (χ0v) is 72.6. The minimum atomic E-state index is -5.40. The Labute approximate surface area is 715 Å². The van der Waals surface area contributed by atoms with Crippen LogP contribution in [0.1, 0.15) is 54.1 Å². The van der Waals surface area contributed by atoms with Crippen LogP contribution in [0.5, 0.6) is 0 Å². The fourth-order valence-corrected chi connectivity index (χ4v) is 16.5. The van der Waals surface area contributed by atoms with E-state index >= 15 is 0 Å². The number of hydrogen-bond acceptors (Lipinski definition) is 22. The van der Waals surface area contributed by atoms with Gasteiger partial charge >= 0.3 is 177 Å². The van der Waals surface area contributed by atoms with Gasteiger partial charge in [0.15, 0.2) is 10.3 Å². The number of carboxylic acids is 2. The Morgan fingerprint density at radius 2 is 1.03 bits per heavy atom. The molecule has 478 valence electrons. The van der Waals surface area contributed by atoms with Crippen molar-refractivity contribution in [3.05, 3.63) is 202 Å². The number of hydrogen-bond donors (Lipinski definition) is 6. The Morgan fingerprint density at radius 3 is 1.56 bits per heavy atom. The van der Waals surface area contributed by atoms with E-state index < -0.39 is 73.1 Å². The van der Waals surface area contributed by atoms with E-state index in [0.29, 0.717) is 76.4 Å². The van der Waals surface area contributed by atoms with Crippen LogP contribution in [0.25, 0.3) is 53.9 Å². The Balaban J connectivity index is 0.00000262. The number of nitrogens with one attached hydrogen (secondary N) is 6. The molecule has 8 aromatic carbocycles. The predicted molar refractivity (Wildman–Crippen MR) is 348 cm³/mol. The van der Waals surface area contributed by atoms with Crippen LogP contribution in [0.3, 0.4) is 0 Å². The minimum absolute atomic E-state index is 0. The molecule has 0 amide bonds. The molecule has 0 radical (unpaired) electrons. The Morgan fingerprint density at radius 1 is 0.530 bits per heavy atom. The van der Waals surface area contributed by atoms with E-state index in [4.69, 9.17) is 9.40 Å². The average Bonchev–Trinajstić information content (AvgIpc) is 0.875. The van der Waals surface area contributed by atoms with Crippen molar-refractivity contribution >= 4 is 156 Å². The topological polar surface area (TPSA) is 376 Å². The van der Waals surface area contributed by atoms with Gasteiger partial charge in [-0.2, -0.15) is 17.8 Å². The molecule has 23 nitrogen and oxygen atoms in total. The molecule has 0 atom stereocenters. The van der Waals surface area contributed by atoms with E-state index in [0.717, 1.165) is 58.4 Å². The van der Waals surface area contributed by atoms with Gasteiger partial charge in [0.25, 0.3) is 10.0 Å². The Hall–Kier alpha value is -4.11. The number of nitrogens with zero attached hydrogens (tertiary/aromatic N) is 2. The van der Waals surface area contributed by atoms with Crippen molar-refractivity contribution in [3.63, 3.8) is 0 Å². The summed E-state index contributed by atoms with van der Waals surface area (Å²) in [4.78, 5) is 34.1. The van der Waals surface area contributed by atoms with Crippen LogP contribution < -0.4 is 223 Å². The van der Waals surface area contributed by atoms with Crippen molar-refractivity contribution in [2.75, 3.05) is 25.4 Å². The minimum Gasteiger partial charge on any atom is -0.744 e. The zero-order chi connectivity index (χ0) is 67.1. The maximum Gasteiger partial charge on any atom is 1.00 e. The fourth-order valence-electron chi connectivity index (χ4n) is 11.0. The van der Waals surface area contributed by atoms with Crippen LogP contribution in [0.2, 0.25) is 0 Å². The van der Waals surface area contributed by atoms with Crippen LogP contribution in [0, 0.1) is 59.7 Å². The van der Waals surface area contributed by atoms with Crippen molar-refractivity contribution in [3.8, 4) is 22.5 Å². The van der Waals surface area contributed by atoms with Crippen molar-refractivity contribution in [1.29, 1.82) is 0 Å². The number of carboxylic acid groups (broad SMARTS) is 2. The number of thiazole rings is 2. The molecule has 12 rings (SSSR count). The molecule has 35 heteroatoms. The zero-order valence-electron chi connectivity index (χ0n) is 55.7. The van der Waals surface area contributed by atoms with Crippen LogP contribution in [0.4, 0.5) is 50.1 Å². The summed E-state index contributed by atoms with van der Waals surface area (Å²) >= 11 is 2.31. The number of sulfonamides is 2. The second-order valence-corrected chi connectivity index (χ2v) is 29.8. The van der Waals surface area contributed by atoms with Gasteiger partial charge in [-0.1, -0.05) is 63.6 Å². The van der Waals surface area contributed by atoms with E-state index in [1.807, 2.05) is 26.8 Å². The van der Waals surface area contributed by atoms with E-state index in [1.165, 1.54) is 84.1 Å². The van der Waals surface area contributed by atoms with E-state index in [9.17, 15) is 62.6 Å². The maximum absolute atomic E-state index is 13.6. The molecule has 2 aromatic heterocycles. The Bertz CT molecular complexity index is 5740. The van der Waals surface area contributed by atoms with Gasteiger partial charge in [-0.3, -0.25) is 16.9 Å². The van der Waals surface area contributed by atoms with Gasteiger partial charge in [0, 0.05) is 33.6 Å². The molecule has 0 bridgehead atoms. The first-order valence-corrected chi connectivity index (χ1v) is 35.2. The van der Waals surface area contributed by atoms with Gasteiger partial charge in [-0.15, -0.1) is 6.07 Å². The summed E-state index contributed by atoms with van der Waals surface area (Å²) in [5, 5.41) is 34.0. The van der Waals surface area contributed by atoms with Crippen LogP contribution in [-0.2, 0) is 40.3 Å². The third-order valence-electron chi connectivity index (χ3n) is 15.3. The number of carbonyl (C=O) groups excluding carboxylic acids is 2. The van der Waals surface area contributed by atoms with Gasteiger partial charge in [0.05, 0.1) is 64.5 Å². The first kappa shape index (κ1) is 84.8. The second kappa shape index (κ2) is 33.6. The van der Waals surface area contributed by atoms with Crippen molar-refractivity contribution < 1.29 is 249 Å². The number of rotatable bonds is 18. The molecule has 6 N–H and O–H groups in total. The van der Waals surface area contributed by atoms with Gasteiger partial charge in [0.1, 0.15) is 30.9 Å². The number of fused-ring (bicyclic) bond motifs is 4. The number of aromatic nitrogens is 2. The monoisotopic (exact) mass is 1510 g/mol. The molecular weight excluding hydrogens is 1460 g/mol. The van der Waals surface area contributed by atoms with E-state index in [1.54, 1.807) is 45.0 Å². The molecule has 100 heavy (non-hydrogen) atoms. The predicted octanol–water partition coefficient (Wildman–Crippen LogP) is -9.62. The smallest absolute Gasteiger partial charge is 0.744 e. The molecular formula is C65H46N8Na6O15S6. The second-order valence-electron chi connectivity index (χ2n) is 21.7. The molecule has 0 unspecified atom stereocenters. The standard InChI is InChI=1S/C65H49N8O15S6.6Na/c1-32-22-34(3)60(70-64-68-48-20-17-43(28-53(48)89-64)91(78,79)72-40-12-8-7-9-13-40)36(5)58(32)66-41-16-19-45-51(27-41)88-52-31-50(56(94(85,86)87)30-47(52)57(45)46-14-10-11-15-55(46)93(82,83)84)67-59-33(2)23-35(4)61(37(59)6)71-65-69-49-21-18-44(29-54(49)90-65)92(80,81)73-42-25-38(62(74)75)24-39(26-42)63(76)77;;;;;;/h7,10-15,17-31,66,72-73H,1-6H3,(H,68,70)(H,69,71)(H,74,75)(H,76,77)(H,82,83,84)(H,85,86,87);;;;;;/q-3;6*+1/p-3. The van der Waals surface area contributed by atoms with Crippen LogP contribution in [0.15, 0.2) is 157 Å². The number of aryl methyl sites for hydroxylation is 4. The molecule has 2 aliphatic rings. The summed E-state index contributed by atoms with van der Waals surface area (Å²) in [6.07, 6.45) is 0. The number of aromatic carboxylic acids is 2. The first-order chi connectivity index (χ1) is 44.4. The average molecular weight is 1510 g/mol. The summed E-state index contributed by atoms with van der Waals surface area (Å²) in [6.45, 7) is 11.0. The quantitative estimate of drug-likeness (QED) is 0.0201. The van der Waals surface area contributed by atoms with Gasteiger partial charge in [-0.05, 0) is 153 Å². The Kier molecular flexibility index (Phi) is 28.5. The van der Waals surface area contributed by atoms with Gasteiger partial charge < -0.3 is 72.2 Å². The third kappa shape index (κ3) is 18.0. The van der Waals surface area contributed by atoms with Crippen molar-refractivity contribution in [1.82, 2.24) is 9.97 Å². The van der Waals surface area contributed by atoms with Crippen LogP contribution >= 0.6 is 22.7 Å². The van der Waals surface area contributed by atoms with Crippen LogP contribution in [-0.4, -0.2) is 64.7 Å². The molecule has 0 saturated heterocycles. The normalized spacial score (nSPS) is 11.7. The fraction of sp³-hybridized carbons (Fsp3) is 0.0923. The van der Waals surface area contributed by atoms with E-state index in [2.05, 4.69) is 53.6 Å². The molecule has 1 aliphatic heterocycles. The number of benzene rings is 9. The number of carbonyl (C=O) groups is 2. The summed E-state index contributed by atoms with van der Waals surface area (Å²) in [7, 11) is -19.0. The van der Waals surface area contributed by atoms with E-state index in [-0.39, 0.29) is 237 Å². The number of anilines is 8. The molecule has 0 spiro atoms. The van der Waals surface area contributed by atoms with Crippen molar-refractivity contribution in [2.24, 2.45) is 0 Å². The largest absolute Gasteiger partial charge is 1.00 e. The molecule has 1 aliphatic carbocycles. The summed E-state index contributed by atoms with van der Waals surface area (Å²) in [5.41, 5.74) is 6.35. The molecule has 10 aromatic rings. The summed E-state index contributed by atoms with van der Waals surface area (Å²) < 4.78 is 146. The van der Waals surface area contributed by atoms with Gasteiger partial charge in [0.2, 0.25) is 21.1 Å². The molecule has 3 heterocycles. The van der Waals surface area contributed by atoms with Gasteiger partial charge in [-0.25, -0.2) is 48.6 Å².